The van der Waals surface area contributed by atoms with Crippen LogP contribution in [0.25, 0.3) is 0 Å². The molecule has 0 atom stereocenters. The first-order valence-corrected chi connectivity index (χ1v) is 16.3. The molecular weight excluding hydrogens is 552 g/mol. The number of nitrogens with zero attached hydrogens (tertiary/aromatic N) is 4. The van der Waals surface area contributed by atoms with Gasteiger partial charge in [-0.1, -0.05) is 0 Å². The van der Waals surface area contributed by atoms with Crippen LogP contribution in [0, 0.1) is 0 Å². The van der Waals surface area contributed by atoms with Gasteiger partial charge in [-0.2, -0.15) is 0 Å². The van der Waals surface area contributed by atoms with Crippen LogP contribution in [0.4, 0.5) is 11.6 Å². The molecule has 0 spiro atoms. The molecule has 9 heteroatoms. The van der Waals surface area contributed by atoms with Crippen molar-refractivity contribution in [2.24, 2.45) is 0 Å². The highest BCUT2D eigenvalue weighted by molar-refractivity contribution is 9.10. The molecule has 0 unspecified atom stereocenters. The number of piperidine rings is 2. The maximum atomic E-state index is 9.36. The molecule has 4 rings (SSSR count). The molecule has 2 aromatic heterocycles. The van der Waals surface area contributed by atoms with E-state index < -0.39 is 8.32 Å². The Bertz CT molecular complexity index is 817. The van der Waals surface area contributed by atoms with Gasteiger partial charge in [0.2, 0.25) is 0 Å². The molecule has 2 aromatic rings. The lowest BCUT2D eigenvalue weighted by atomic mass is 10.1. The Morgan fingerprint density at radius 1 is 0.812 bits per heavy atom. The second kappa shape index (κ2) is 11.9. The Labute approximate surface area is 209 Å². The summed E-state index contributed by atoms with van der Waals surface area (Å²) >= 11 is 6.77. The minimum Gasteiger partial charge on any atom is -0.415 e. The maximum Gasteiger partial charge on any atom is 0.184 e. The fourth-order valence-electron chi connectivity index (χ4n) is 3.91. The summed E-state index contributed by atoms with van der Waals surface area (Å²) in [5.74, 6) is 2.07. The number of pyridine rings is 2. The number of aliphatic hydroxyl groups excluding tert-OH is 1. The molecule has 2 saturated heterocycles. The van der Waals surface area contributed by atoms with Gasteiger partial charge in [0.1, 0.15) is 11.6 Å². The van der Waals surface area contributed by atoms with Crippen LogP contribution >= 0.6 is 31.9 Å². The first-order valence-electron chi connectivity index (χ1n) is 11.3. The van der Waals surface area contributed by atoms with E-state index in [1.165, 1.54) is 0 Å². The number of aromatic nitrogens is 2. The predicted molar refractivity (Wildman–Crippen MR) is 141 cm³/mol. The van der Waals surface area contributed by atoms with Crippen molar-refractivity contribution < 1.29 is 9.53 Å². The Morgan fingerprint density at radius 3 is 1.62 bits per heavy atom. The van der Waals surface area contributed by atoms with Gasteiger partial charge in [-0.15, -0.1) is 0 Å². The summed E-state index contributed by atoms with van der Waals surface area (Å²) < 4.78 is 8.20. The number of hydrogen-bond donors (Lipinski definition) is 1. The molecule has 0 radical (unpaired) electrons. The minimum atomic E-state index is -1.39. The molecule has 0 bridgehead atoms. The van der Waals surface area contributed by atoms with Crippen LogP contribution in [0.15, 0.2) is 45.6 Å². The van der Waals surface area contributed by atoms with Crippen molar-refractivity contribution in [3.8, 4) is 0 Å². The van der Waals surface area contributed by atoms with E-state index in [1.54, 1.807) is 6.20 Å². The van der Waals surface area contributed by atoms with Crippen molar-refractivity contribution in [3.05, 3.63) is 45.6 Å². The number of rotatable bonds is 4. The third-order valence-electron chi connectivity index (χ3n) is 5.50. The molecule has 2 fully saturated rings. The molecule has 0 aliphatic carbocycles. The Balaban J connectivity index is 0.000000186. The lowest BCUT2D eigenvalue weighted by molar-refractivity contribution is 0.145. The molecule has 0 amide bonds. The molecule has 4 heterocycles. The number of anilines is 2. The highest BCUT2D eigenvalue weighted by atomic mass is 79.9. The fourth-order valence-corrected chi connectivity index (χ4v) is 5.61. The first kappa shape index (κ1) is 25.6. The summed E-state index contributed by atoms with van der Waals surface area (Å²) in [5, 5.41) is 9.36. The van der Waals surface area contributed by atoms with Gasteiger partial charge in [0, 0.05) is 53.6 Å². The van der Waals surface area contributed by atoms with Gasteiger partial charge in [0.25, 0.3) is 0 Å². The third-order valence-corrected chi connectivity index (χ3v) is 7.48. The highest BCUT2D eigenvalue weighted by Gasteiger charge is 2.25. The Kier molecular flexibility index (Phi) is 9.54. The summed E-state index contributed by atoms with van der Waals surface area (Å²) in [6, 6.07) is 8.12. The average Bonchev–Trinajstić information content (AvgIpc) is 2.76. The lowest BCUT2D eigenvalue weighted by Crippen LogP contribution is -2.41. The van der Waals surface area contributed by atoms with Crippen molar-refractivity contribution in [3.63, 3.8) is 0 Å². The summed E-state index contributed by atoms with van der Waals surface area (Å²) in [7, 11) is -1.39. The second-order valence-electron chi connectivity index (χ2n) is 9.30. The average molecular weight is 586 g/mol. The first-order chi connectivity index (χ1) is 15.2. The zero-order valence-corrected chi connectivity index (χ0v) is 23.3. The van der Waals surface area contributed by atoms with E-state index in [0.29, 0.717) is 6.10 Å². The van der Waals surface area contributed by atoms with Crippen LogP contribution in [0.2, 0.25) is 19.6 Å². The van der Waals surface area contributed by atoms with Crippen LogP contribution in [0.5, 0.6) is 0 Å². The zero-order chi connectivity index (χ0) is 23.1. The summed E-state index contributed by atoms with van der Waals surface area (Å²) in [6.45, 7) is 10.7. The van der Waals surface area contributed by atoms with Crippen LogP contribution < -0.4 is 9.80 Å². The van der Waals surface area contributed by atoms with Crippen molar-refractivity contribution >= 4 is 51.8 Å². The quantitative estimate of drug-likeness (QED) is 0.480. The summed E-state index contributed by atoms with van der Waals surface area (Å²) in [6.07, 6.45) is 7.91. The van der Waals surface area contributed by atoms with Gasteiger partial charge in [-0.05, 0) is 101 Å². The molecule has 32 heavy (non-hydrogen) atoms. The second-order valence-corrected chi connectivity index (χ2v) is 15.6. The van der Waals surface area contributed by atoms with Crippen molar-refractivity contribution in [1.82, 2.24) is 9.97 Å². The Hall–Kier alpha value is -1.00. The molecule has 1 N–H and O–H groups in total. The van der Waals surface area contributed by atoms with Crippen molar-refractivity contribution in [2.75, 3.05) is 36.0 Å². The zero-order valence-electron chi connectivity index (χ0n) is 19.2. The number of aliphatic hydroxyl groups is 1. The van der Waals surface area contributed by atoms with E-state index >= 15 is 0 Å². The van der Waals surface area contributed by atoms with E-state index in [9.17, 15) is 5.11 Å². The minimum absolute atomic E-state index is 0.123. The molecule has 0 saturated carbocycles. The standard InChI is InChI=1S/C13H21BrN2OSi.C10H13BrN2O/c1-18(2,3)17-12-6-8-16(9-7-12)13-5-4-11(14)10-15-13;11-8-1-2-10(12-7-8)13-5-3-9(14)4-6-13/h4-5,10,12H,6-9H2,1-3H3;1-2,7,9,14H,3-6H2. The van der Waals surface area contributed by atoms with Gasteiger partial charge in [0.15, 0.2) is 8.32 Å². The summed E-state index contributed by atoms with van der Waals surface area (Å²) in [5.41, 5.74) is 0. The monoisotopic (exact) mass is 584 g/mol. The van der Waals surface area contributed by atoms with Crippen molar-refractivity contribution in [2.45, 2.75) is 57.5 Å². The van der Waals surface area contributed by atoms with Crippen LogP contribution in [-0.2, 0) is 4.43 Å². The number of hydrogen-bond acceptors (Lipinski definition) is 6. The van der Waals surface area contributed by atoms with Gasteiger partial charge in [-0.3, -0.25) is 0 Å². The lowest BCUT2D eigenvalue weighted by Gasteiger charge is -2.35. The Morgan fingerprint density at radius 2 is 1.25 bits per heavy atom. The smallest absolute Gasteiger partial charge is 0.184 e. The molecule has 6 nitrogen and oxygen atoms in total. The largest absolute Gasteiger partial charge is 0.415 e. The fraction of sp³-hybridized carbons (Fsp3) is 0.565. The van der Waals surface area contributed by atoms with Crippen LogP contribution in [-0.4, -0.2) is 61.8 Å². The molecular formula is C23H34Br2N4O2Si. The van der Waals surface area contributed by atoms with E-state index in [2.05, 4.69) is 77.3 Å². The van der Waals surface area contributed by atoms with Gasteiger partial charge in [0.05, 0.1) is 6.10 Å². The van der Waals surface area contributed by atoms with Crippen LogP contribution in [0.1, 0.15) is 25.7 Å². The van der Waals surface area contributed by atoms with E-state index in [0.717, 1.165) is 72.4 Å². The van der Waals surface area contributed by atoms with Crippen molar-refractivity contribution in [1.29, 1.82) is 0 Å². The van der Waals surface area contributed by atoms with Gasteiger partial charge in [-0.25, -0.2) is 9.97 Å². The van der Waals surface area contributed by atoms with Gasteiger partial charge < -0.3 is 19.3 Å². The molecule has 176 valence electrons. The maximum absolute atomic E-state index is 9.36. The predicted octanol–water partition coefficient (Wildman–Crippen LogP) is 5.47. The van der Waals surface area contributed by atoms with E-state index in [1.807, 2.05) is 24.4 Å². The topological polar surface area (TPSA) is 61.7 Å². The van der Waals surface area contributed by atoms with Crippen LogP contribution in [0.3, 0.4) is 0 Å². The number of halogens is 2. The SMILES string of the molecule is C[Si](C)(C)OC1CCN(c2ccc(Br)cn2)CC1.OC1CCN(c2ccc(Br)cn2)CC1. The molecule has 0 aromatic carbocycles. The summed E-state index contributed by atoms with van der Waals surface area (Å²) in [4.78, 5) is 13.3. The third kappa shape index (κ3) is 8.41. The van der Waals surface area contributed by atoms with E-state index in [-0.39, 0.29) is 6.10 Å². The molecule has 2 aliphatic heterocycles. The normalized spacial score (nSPS) is 18.3. The van der Waals surface area contributed by atoms with Gasteiger partial charge >= 0.3 is 0 Å². The highest BCUT2D eigenvalue weighted by Crippen LogP contribution is 2.23. The molecule has 2 aliphatic rings. The van der Waals surface area contributed by atoms with E-state index in [4.69, 9.17) is 4.43 Å².